The van der Waals surface area contributed by atoms with Crippen molar-refractivity contribution in [3.05, 3.63) is 167 Å². The highest BCUT2D eigenvalue weighted by Crippen LogP contribution is 2.64. The number of allylic oxidation sites excluding steroid dienone is 6. The minimum atomic E-state index is -0.721. The summed E-state index contributed by atoms with van der Waals surface area (Å²) in [6.07, 6.45) is 20.7. The molecule has 3 aromatic carbocycles. The molecule has 0 fully saturated rings. The van der Waals surface area contributed by atoms with Gasteiger partial charge < -0.3 is 14.5 Å². The lowest BCUT2D eigenvalue weighted by Gasteiger charge is -2.53. The molecule has 0 saturated heterocycles. The first kappa shape index (κ1) is 27.6. The monoisotopic (exact) mass is 634 g/mol. The van der Waals surface area contributed by atoms with Crippen LogP contribution in [-0.2, 0) is 5.41 Å². The Morgan fingerprint density at radius 1 is 0.714 bits per heavy atom. The van der Waals surface area contributed by atoms with Crippen LogP contribution in [0.15, 0.2) is 145 Å². The lowest BCUT2D eigenvalue weighted by atomic mass is 9.56. The number of hydrogen-bond donors (Lipinski definition) is 1. The Labute approximate surface area is 283 Å². The molecule has 2 atom stereocenters. The number of ether oxygens (including phenoxy) is 2. The van der Waals surface area contributed by atoms with Gasteiger partial charge in [-0.3, -0.25) is 4.98 Å². The van der Waals surface area contributed by atoms with Gasteiger partial charge in [-0.15, -0.1) is 0 Å². The van der Waals surface area contributed by atoms with Crippen molar-refractivity contribution in [1.82, 2.24) is 19.3 Å². The fraction of sp³-hybridized carbons (Fsp3) is 0.0930. The summed E-state index contributed by atoms with van der Waals surface area (Å²) < 4.78 is 23.4. The molecule has 0 amide bonds. The van der Waals surface area contributed by atoms with Gasteiger partial charge in [0.25, 0.3) is 12.4 Å². The van der Waals surface area contributed by atoms with E-state index < -0.39 is 11.0 Å². The van der Waals surface area contributed by atoms with Gasteiger partial charge >= 0.3 is 11.4 Å². The largest absolute Gasteiger partial charge is 0.482 e. The molecule has 6 heterocycles. The average molecular weight is 635 g/mol. The van der Waals surface area contributed by atoms with Crippen molar-refractivity contribution < 1.29 is 9.47 Å². The molecule has 0 saturated carbocycles. The molecule has 5 aromatic rings. The van der Waals surface area contributed by atoms with E-state index in [1.165, 1.54) is 0 Å². The molecule has 1 spiro atoms. The average Bonchev–Trinajstić information content (AvgIpc) is 3.96. The van der Waals surface area contributed by atoms with Gasteiger partial charge in [-0.25, -0.2) is 0 Å². The lowest BCUT2D eigenvalue weighted by Crippen LogP contribution is -2.52. The summed E-state index contributed by atoms with van der Waals surface area (Å²) in [4.78, 5) is 8.04. The van der Waals surface area contributed by atoms with Crippen LogP contribution in [0.1, 0.15) is 35.6 Å². The van der Waals surface area contributed by atoms with Gasteiger partial charge in [0.15, 0.2) is 0 Å². The van der Waals surface area contributed by atoms with E-state index in [-0.39, 0.29) is 0 Å². The van der Waals surface area contributed by atoms with Crippen LogP contribution in [-0.4, -0.2) is 39.4 Å². The number of aromatic nitrogens is 2. The third-order valence-corrected chi connectivity index (χ3v) is 10.3. The zero-order chi connectivity index (χ0) is 32.6. The van der Waals surface area contributed by atoms with E-state index >= 15 is 0 Å². The molecule has 10 rings (SSSR count). The van der Waals surface area contributed by atoms with E-state index in [0.29, 0.717) is 6.42 Å². The number of hydrogen-bond acceptors (Lipinski definition) is 3. The predicted octanol–water partition coefficient (Wildman–Crippen LogP) is 7.24. The Hall–Kier alpha value is -6.45. The molecule has 5 aliphatic rings. The fourth-order valence-corrected chi connectivity index (χ4v) is 8.14. The maximum atomic E-state index is 7.21. The quantitative estimate of drug-likeness (QED) is 0.212. The summed E-state index contributed by atoms with van der Waals surface area (Å²) in [6, 6.07) is 29.7. The maximum absolute atomic E-state index is 7.21. The molecule has 0 bridgehead atoms. The number of aromatic amines is 1. The summed E-state index contributed by atoms with van der Waals surface area (Å²) in [7, 11) is 0. The van der Waals surface area contributed by atoms with Crippen molar-refractivity contribution >= 4 is 23.9 Å². The fourth-order valence-electron chi connectivity index (χ4n) is 8.14. The molecule has 1 N–H and O–H groups in total. The van der Waals surface area contributed by atoms with Gasteiger partial charge in [-0.1, -0.05) is 57.9 Å². The van der Waals surface area contributed by atoms with Crippen molar-refractivity contribution in [3.8, 4) is 39.8 Å². The molecule has 0 radical (unpaired) electrons. The zero-order valence-electron chi connectivity index (χ0n) is 26.7. The smallest absolute Gasteiger partial charge is 0.334 e. The van der Waals surface area contributed by atoms with E-state index in [1.807, 2.05) is 67.3 Å². The number of rotatable bonds is 4. The van der Waals surface area contributed by atoms with Crippen LogP contribution in [0.2, 0.25) is 0 Å². The second-order valence-electron chi connectivity index (χ2n) is 13.1. The third-order valence-electron chi connectivity index (χ3n) is 10.3. The van der Waals surface area contributed by atoms with Gasteiger partial charge in [-0.05, 0) is 61.0 Å². The third kappa shape index (κ3) is 4.06. The maximum Gasteiger partial charge on any atom is 0.334 e. The lowest BCUT2D eigenvalue weighted by molar-refractivity contribution is 0.0986. The molecule has 6 heteroatoms. The Morgan fingerprint density at radius 2 is 1.43 bits per heavy atom. The molecule has 1 aliphatic carbocycles. The normalized spacial score (nSPS) is 21.9. The van der Waals surface area contributed by atoms with Crippen molar-refractivity contribution in [2.45, 2.75) is 24.4 Å². The van der Waals surface area contributed by atoms with Crippen LogP contribution in [0.5, 0.6) is 17.2 Å². The summed E-state index contributed by atoms with van der Waals surface area (Å²) in [5.41, 5.74) is 11.0. The van der Waals surface area contributed by atoms with Gasteiger partial charge in [-0.2, -0.15) is 0 Å². The Bertz CT molecular complexity index is 2500. The first-order valence-corrected chi connectivity index (χ1v) is 16.5. The summed E-state index contributed by atoms with van der Waals surface area (Å²) in [6.45, 7) is 2.22. The van der Waals surface area contributed by atoms with Crippen molar-refractivity contribution in [2.24, 2.45) is 0 Å². The number of nitrogens with zero attached hydrogens (tertiary/aromatic N) is 3. The Kier molecular flexibility index (Phi) is 5.80. The highest BCUT2D eigenvalue weighted by molar-refractivity contribution is 6.14. The molecule has 2 unspecified atom stereocenters. The second kappa shape index (κ2) is 10.3. The van der Waals surface area contributed by atoms with Crippen LogP contribution >= 0.6 is 0 Å². The summed E-state index contributed by atoms with van der Waals surface area (Å²) in [5.74, 6) is 2.43. The van der Waals surface area contributed by atoms with Crippen molar-refractivity contribution in [3.63, 3.8) is 0 Å². The minimum Gasteiger partial charge on any atom is -0.482 e. The van der Waals surface area contributed by atoms with Gasteiger partial charge in [0.05, 0.1) is 16.7 Å². The van der Waals surface area contributed by atoms with Gasteiger partial charge in [0.1, 0.15) is 22.8 Å². The van der Waals surface area contributed by atoms with E-state index in [0.717, 1.165) is 84.6 Å². The minimum absolute atomic E-state index is 0.664. The standard InChI is InChI=1S/C43H30N4O2/c1-42-26-30(37-10-6-22-47-37)14-18-41(42)43(33-17-13-29(25-40(33)49-42)36-9-5-21-46-36)31-15-11-27(34-7-2-3-19-44-34)23-38(31)48-39-24-28(12-16-32(39)43)35-8-4-20-45-35/h2-25,46H,26H2,1H3/q+2. The van der Waals surface area contributed by atoms with E-state index in [1.54, 1.807) is 0 Å². The van der Waals surface area contributed by atoms with Crippen LogP contribution in [0.25, 0.3) is 22.5 Å². The number of fused-ring (bicyclic) bond motifs is 8. The number of benzene rings is 3. The van der Waals surface area contributed by atoms with E-state index in [2.05, 4.69) is 105 Å². The van der Waals surface area contributed by atoms with Crippen molar-refractivity contribution in [2.75, 3.05) is 0 Å². The first-order chi connectivity index (χ1) is 24.1. The van der Waals surface area contributed by atoms with E-state index in [9.17, 15) is 0 Å². The Balaban J connectivity index is 1.29. The summed E-state index contributed by atoms with van der Waals surface area (Å²) >= 11 is 0. The zero-order valence-corrected chi connectivity index (χ0v) is 26.7. The topological polar surface area (TPSA) is 75.3 Å². The first-order valence-electron chi connectivity index (χ1n) is 16.5. The molecule has 232 valence electrons. The molecular formula is C43H30N4O2+2. The second-order valence-corrected chi connectivity index (χ2v) is 13.1. The molecule has 6 nitrogen and oxygen atoms in total. The highest BCUT2D eigenvalue weighted by Gasteiger charge is 2.58. The molecule has 2 aromatic heterocycles. The van der Waals surface area contributed by atoms with Crippen LogP contribution in [0.3, 0.4) is 0 Å². The van der Waals surface area contributed by atoms with Crippen molar-refractivity contribution in [1.29, 1.82) is 0 Å². The summed E-state index contributed by atoms with van der Waals surface area (Å²) in [5, 5.41) is 0. The number of H-pyrrole nitrogens is 1. The molecule has 49 heavy (non-hydrogen) atoms. The van der Waals surface area contributed by atoms with Crippen LogP contribution in [0.4, 0.5) is 0 Å². The Morgan fingerprint density at radius 3 is 2.14 bits per heavy atom. The van der Waals surface area contributed by atoms with Crippen LogP contribution < -0.4 is 18.8 Å². The SMILES string of the molecule is CC12CC(C3=[N+]=CC=C3)=CC=C1C1(c3ccc(C4=[N+]=CC=C4)cc3Oc3cc(-c4ccccn4)ccc31)c1ccc(-c3ccc[nH]3)cc1O2. The number of pyridine rings is 1. The predicted molar refractivity (Wildman–Crippen MR) is 196 cm³/mol. The molecule has 4 aliphatic heterocycles. The molecular weight excluding hydrogens is 604 g/mol. The highest BCUT2D eigenvalue weighted by atomic mass is 16.5. The van der Waals surface area contributed by atoms with E-state index in [4.69, 9.17) is 9.47 Å². The van der Waals surface area contributed by atoms with Crippen LogP contribution in [0, 0.1) is 0 Å². The van der Waals surface area contributed by atoms with Gasteiger partial charge in [0, 0.05) is 82.2 Å². The van der Waals surface area contributed by atoms with Gasteiger partial charge in [0.2, 0.25) is 0 Å². The number of nitrogens with one attached hydrogen (secondary N) is 1.